The molecule has 1 rings (SSSR count). The zero-order valence-electron chi connectivity index (χ0n) is 10.7. The van der Waals surface area contributed by atoms with E-state index < -0.39 is 5.60 Å². The van der Waals surface area contributed by atoms with Crippen LogP contribution in [0.3, 0.4) is 0 Å². The van der Waals surface area contributed by atoms with Crippen LogP contribution in [0.15, 0.2) is 16.7 Å². The van der Waals surface area contributed by atoms with Gasteiger partial charge in [-0.25, -0.2) is 0 Å². The summed E-state index contributed by atoms with van der Waals surface area (Å²) in [6.07, 6.45) is 3.44. The molecule has 0 fully saturated rings. The second-order valence-corrected chi connectivity index (χ2v) is 4.23. The molecule has 4 nitrogen and oxygen atoms in total. The number of hydrogen-bond acceptors (Lipinski definition) is 3. The molecule has 0 aliphatic heterocycles. The largest absolute Gasteiger partial charge is 0.469 e. The summed E-state index contributed by atoms with van der Waals surface area (Å²) in [4.78, 5) is 11.9. The van der Waals surface area contributed by atoms with Crippen LogP contribution in [0.1, 0.15) is 49.7 Å². The first-order valence-corrected chi connectivity index (χ1v) is 6.13. The molecule has 1 aromatic rings. The number of carbonyl (C=O) groups is 1. The fourth-order valence-electron chi connectivity index (χ4n) is 1.66. The molecule has 0 saturated heterocycles. The molecule has 0 radical (unpaired) electrons. The Morgan fingerprint density at radius 1 is 1.41 bits per heavy atom. The summed E-state index contributed by atoms with van der Waals surface area (Å²) in [5.74, 6) is 0.495. The molecular weight excluding hydrogens is 218 g/mol. The maximum absolute atomic E-state index is 11.9. The topological polar surface area (TPSA) is 62.5 Å². The van der Waals surface area contributed by atoms with Gasteiger partial charge in [-0.2, -0.15) is 0 Å². The summed E-state index contributed by atoms with van der Waals surface area (Å²) in [5.41, 5.74) is -0.256. The summed E-state index contributed by atoms with van der Waals surface area (Å²) < 4.78 is 5.20. The lowest BCUT2D eigenvalue weighted by atomic mass is 9.97. The van der Waals surface area contributed by atoms with Gasteiger partial charge in [0.05, 0.1) is 17.4 Å². The molecule has 17 heavy (non-hydrogen) atoms. The van der Waals surface area contributed by atoms with Crippen LogP contribution in [0.4, 0.5) is 0 Å². The molecule has 0 aromatic carbocycles. The minimum Gasteiger partial charge on any atom is -0.469 e. The lowest BCUT2D eigenvalue weighted by Gasteiger charge is -2.25. The first kappa shape index (κ1) is 13.8. The molecule has 0 aliphatic carbocycles. The first-order chi connectivity index (χ1) is 8.06. The van der Waals surface area contributed by atoms with Crippen molar-refractivity contribution in [2.75, 3.05) is 6.54 Å². The van der Waals surface area contributed by atoms with Gasteiger partial charge < -0.3 is 14.8 Å². The summed E-state index contributed by atoms with van der Waals surface area (Å²) in [7, 11) is 0. The van der Waals surface area contributed by atoms with E-state index in [-0.39, 0.29) is 12.5 Å². The van der Waals surface area contributed by atoms with Gasteiger partial charge in [0.25, 0.3) is 5.91 Å². The average molecular weight is 239 g/mol. The molecule has 0 aliphatic rings. The number of aliphatic hydroxyl groups is 1. The highest BCUT2D eigenvalue weighted by molar-refractivity contribution is 5.95. The van der Waals surface area contributed by atoms with Gasteiger partial charge in [-0.15, -0.1) is 0 Å². The molecule has 0 spiro atoms. The van der Waals surface area contributed by atoms with Crippen molar-refractivity contribution in [1.82, 2.24) is 5.32 Å². The van der Waals surface area contributed by atoms with Crippen LogP contribution in [0, 0.1) is 0 Å². The van der Waals surface area contributed by atoms with Crippen LogP contribution >= 0.6 is 0 Å². The van der Waals surface area contributed by atoms with E-state index in [1.807, 2.05) is 20.8 Å². The third-order valence-corrected chi connectivity index (χ3v) is 3.21. The SMILES string of the molecule is CCc1occc1C(=O)NCC(O)(CC)CC. The zero-order chi connectivity index (χ0) is 12.9. The van der Waals surface area contributed by atoms with Crippen molar-refractivity contribution in [1.29, 1.82) is 0 Å². The molecule has 96 valence electrons. The fraction of sp³-hybridized carbons (Fsp3) is 0.615. The summed E-state index contributed by atoms with van der Waals surface area (Å²) in [6.45, 7) is 6.02. The summed E-state index contributed by atoms with van der Waals surface area (Å²) >= 11 is 0. The molecule has 0 unspecified atom stereocenters. The van der Waals surface area contributed by atoms with Crippen LogP contribution in [-0.4, -0.2) is 23.2 Å². The van der Waals surface area contributed by atoms with Gasteiger partial charge >= 0.3 is 0 Å². The third-order valence-electron chi connectivity index (χ3n) is 3.21. The molecule has 1 aromatic heterocycles. The van der Waals surface area contributed by atoms with Crippen LogP contribution in [-0.2, 0) is 6.42 Å². The van der Waals surface area contributed by atoms with Gasteiger partial charge in [-0.05, 0) is 18.9 Å². The standard InChI is InChI=1S/C13H21NO3/c1-4-11-10(7-8-17-11)12(15)14-9-13(16,5-2)6-3/h7-8,16H,4-6,9H2,1-3H3,(H,14,15). The van der Waals surface area contributed by atoms with E-state index >= 15 is 0 Å². The Hall–Kier alpha value is -1.29. The number of rotatable bonds is 6. The second kappa shape index (κ2) is 5.87. The minimum absolute atomic E-state index is 0.184. The van der Waals surface area contributed by atoms with E-state index in [2.05, 4.69) is 5.32 Å². The van der Waals surface area contributed by atoms with Crippen molar-refractivity contribution in [2.24, 2.45) is 0 Å². The van der Waals surface area contributed by atoms with E-state index in [0.29, 0.717) is 30.6 Å². The molecule has 1 amide bonds. The second-order valence-electron chi connectivity index (χ2n) is 4.23. The molecule has 4 heteroatoms. The highest BCUT2D eigenvalue weighted by Crippen LogP contribution is 2.15. The Labute approximate surface area is 102 Å². The summed E-state index contributed by atoms with van der Waals surface area (Å²) in [6, 6.07) is 1.66. The highest BCUT2D eigenvalue weighted by Gasteiger charge is 2.23. The van der Waals surface area contributed by atoms with Gasteiger partial charge in [-0.3, -0.25) is 4.79 Å². The van der Waals surface area contributed by atoms with Gasteiger partial charge in [-0.1, -0.05) is 20.8 Å². The smallest absolute Gasteiger partial charge is 0.254 e. The van der Waals surface area contributed by atoms with Crippen LogP contribution < -0.4 is 5.32 Å². The van der Waals surface area contributed by atoms with Crippen molar-refractivity contribution in [3.63, 3.8) is 0 Å². The van der Waals surface area contributed by atoms with Gasteiger partial charge in [0, 0.05) is 13.0 Å². The predicted molar refractivity (Wildman–Crippen MR) is 66.0 cm³/mol. The van der Waals surface area contributed by atoms with Crippen molar-refractivity contribution >= 4 is 5.91 Å². The first-order valence-electron chi connectivity index (χ1n) is 6.13. The lowest BCUT2D eigenvalue weighted by Crippen LogP contribution is -2.42. The molecule has 1 heterocycles. The van der Waals surface area contributed by atoms with E-state index in [9.17, 15) is 9.90 Å². The van der Waals surface area contributed by atoms with Crippen LogP contribution in [0.5, 0.6) is 0 Å². The van der Waals surface area contributed by atoms with Crippen LogP contribution in [0.2, 0.25) is 0 Å². The fourth-order valence-corrected chi connectivity index (χ4v) is 1.66. The number of hydrogen-bond donors (Lipinski definition) is 2. The molecule has 0 atom stereocenters. The zero-order valence-corrected chi connectivity index (χ0v) is 10.7. The number of aryl methyl sites for hydroxylation is 1. The monoisotopic (exact) mass is 239 g/mol. The van der Waals surface area contributed by atoms with Gasteiger partial charge in [0.1, 0.15) is 5.76 Å². The van der Waals surface area contributed by atoms with Crippen molar-refractivity contribution in [2.45, 2.75) is 45.6 Å². The minimum atomic E-state index is -0.814. The molecule has 0 saturated carbocycles. The number of nitrogens with one attached hydrogen (secondary N) is 1. The van der Waals surface area contributed by atoms with E-state index in [1.165, 1.54) is 6.26 Å². The van der Waals surface area contributed by atoms with Gasteiger partial charge in [0.2, 0.25) is 0 Å². The Kier molecular flexibility index (Phi) is 4.75. The van der Waals surface area contributed by atoms with Crippen molar-refractivity contribution in [3.8, 4) is 0 Å². The van der Waals surface area contributed by atoms with E-state index in [1.54, 1.807) is 6.07 Å². The quantitative estimate of drug-likeness (QED) is 0.799. The normalized spacial score (nSPS) is 11.5. The number of carbonyl (C=O) groups excluding carboxylic acids is 1. The maximum Gasteiger partial charge on any atom is 0.254 e. The van der Waals surface area contributed by atoms with Crippen molar-refractivity contribution in [3.05, 3.63) is 23.7 Å². The average Bonchev–Trinajstić information content (AvgIpc) is 2.83. The van der Waals surface area contributed by atoms with Gasteiger partial charge in [0.15, 0.2) is 0 Å². The Morgan fingerprint density at radius 3 is 2.59 bits per heavy atom. The lowest BCUT2D eigenvalue weighted by molar-refractivity contribution is 0.0313. The highest BCUT2D eigenvalue weighted by atomic mass is 16.3. The Balaban J connectivity index is 2.62. The van der Waals surface area contributed by atoms with Crippen molar-refractivity contribution < 1.29 is 14.3 Å². The molecule has 0 bridgehead atoms. The van der Waals surface area contributed by atoms with Crippen LogP contribution in [0.25, 0.3) is 0 Å². The Bertz CT molecular complexity index is 366. The number of furan rings is 1. The number of amides is 1. The summed E-state index contributed by atoms with van der Waals surface area (Å²) in [5, 5.41) is 12.8. The predicted octanol–water partition coefficient (Wildman–Crippen LogP) is 2.12. The van der Waals surface area contributed by atoms with E-state index in [0.717, 1.165) is 0 Å². The molecular formula is C13H21NO3. The third kappa shape index (κ3) is 3.33. The van der Waals surface area contributed by atoms with E-state index in [4.69, 9.17) is 4.42 Å². The molecule has 2 N–H and O–H groups in total. The maximum atomic E-state index is 11.9. The Morgan fingerprint density at radius 2 is 2.06 bits per heavy atom.